The maximum atomic E-state index is 12.4. The Hall–Kier alpha value is -1.59. The Morgan fingerprint density at radius 2 is 1.68 bits per heavy atom. The molecule has 0 saturated carbocycles. The minimum absolute atomic E-state index is 0. The number of halogens is 4. The number of rotatable bonds is 2. The van der Waals surface area contributed by atoms with Gasteiger partial charge < -0.3 is 5.73 Å². The van der Waals surface area contributed by atoms with Gasteiger partial charge in [0.2, 0.25) is 0 Å². The van der Waals surface area contributed by atoms with Crippen molar-refractivity contribution in [3.8, 4) is 11.3 Å². The zero-order valence-corrected chi connectivity index (χ0v) is 10.6. The van der Waals surface area contributed by atoms with Crippen LogP contribution in [0.15, 0.2) is 42.6 Å². The average molecular weight is 289 g/mol. The predicted molar refractivity (Wildman–Crippen MR) is 69.8 cm³/mol. The lowest BCUT2D eigenvalue weighted by atomic mass is 10.1. The van der Waals surface area contributed by atoms with Gasteiger partial charge >= 0.3 is 6.18 Å². The molecule has 0 unspecified atom stereocenters. The van der Waals surface area contributed by atoms with E-state index in [0.29, 0.717) is 17.8 Å². The molecule has 0 bridgehead atoms. The van der Waals surface area contributed by atoms with Crippen LogP contribution in [0, 0.1) is 0 Å². The van der Waals surface area contributed by atoms with Crippen molar-refractivity contribution < 1.29 is 13.2 Å². The lowest BCUT2D eigenvalue weighted by Crippen LogP contribution is -2.04. The van der Waals surface area contributed by atoms with E-state index in [0.717, 1.165) is 17.7 Å². The Balaban J connectivity index is 0.00000180. The van der Waals surface area contributed by atoms with E-state index in [4.69, 9.17) is 5.73 Å². The van der Waals surface area contributed by atoms with Crippen molar-refractivity contribution >= 4 is 12.4 Å². The second-order valence-electron chi connectivity index (χ2n) is 3.83. The van der Waals surface area contributed by atoms with Crippen LogP contribution in [0.25, 0.3) is 11.3 Å². The molecular formula is C13H12ClF3N2. The molecule has 0 saturated heterocycles. The molecule has 2 nitrogen and oxygen atoms in total. The van der Waals surface area contributed by atoms with Crippen LogP contribution in [-0.4, -0.2) is 4.98 Å². The normalized spacial score (nSPS) is 10.9. The number of pyridine rings is 1. The number of alkyl halides is 3. The van der Waals surface area contributed by atoms with Crippen molar-refractivity contribution in [2.45, 2.75) is 12.7 Å². The summed E-state index contributed by atoms with van der Waals surface area (Å²) in [6.07, 6.45) is -2.72. The number of hydrogen-bond donors (Lipinski definition) is 1. The summed E-state index contributed by atoms with van der Waals surface area (Å²) in [5, 5.41) is 0. The summed E-state index contributed by atoms with van der Waals surface area (Å²) in [7, 11) is 0. The molecule has 0 aliphatic heterocycles. The lowest BCUT2D eigenvalue weighted by molar-refractivity contribution is -0.137. The molecule has 0 radical (unpaired) electrons. The van der Waals surface area contributed by atoms with Crippen LogP contribution in [0.3, 0.4) is 0 Å². The molecule has 1 aromatic heterocycles. The van der Waals surface area contributed by atoms with Gasteiger partial charge in [-0.3, -0.25) is 4.98 Å². The maximum absolute atomic E-state index is 12.4. The van der Waals surface area contributed by atoms with Gasteiger partial charge in [-0.1, -0.05) is 12.1 Å². The standard InChI is InChI=1S/C13H11F3N2.ClH/c14-13(15,16)11-3-1-10(2-4-11)12-7-9(8-17)5-6-18-12;/h1-7H,8,17H2;1H. The fourth-order valence-electron chi connectivity index (χ4n) is 1.59. The Morgan fingerprint density at radius 3 is 2.21 bits per heavy atom. The van der Waals surface area contributed by atoms with Gasteiger partial charge in [-0.25, -0.2) is 0 Å². The fraction of sp³-hybridized carbons (Fsp3) is 0.154. The van der Waals surface area contributed by atoms with Gasteiger partial charge in [-0.05, 0) is 29.8 Å². The zero-order valence-electron chi connectivity index (χ0n) is 9.82. The monoisotopic (exact) mass is 288 g/mol. The topological polar surface area (TPSA) is 38.9 Å². The minimum Gasteiger partial charge on any atom is -0.326 e. The van der Waals surface area contributed by atoms with Crippen molar-refractivity contribution in [1.29, 1.82) is 0 Å². The van der Waals surface area contributed by atoms with Crippen molar-refractivity contribution in [2.75, 3.05) is 0 Å². The molecular weight excluding hydrogens is 277 g/mol. The van der Waals surface area contributed by atoms with Crippen LogP contribution >= 0.6 is 12.4 Å². The van der Waals surface area contributed by atoms with Gasteiger partial charge in [0.1, 0.15) is 0 Å². The molecule has 19 heavy (non-hydrogen) atoms. The third-order valence-corrected chi connectivity index (χ3v) is 2.57. The van der Waals surface area contributed by atoms with E-state index >= 15 is 0 Å². The van der Waals surface area contributed by atoms with Crippen LogP contribution in [0.4, 0.5) is 13.2 Å². The highest BCUT2D eigenvalue weighted by Crippen LogP contribution is 2.30. The summed E-state index contributed by atoms with van der Waals surface area (Å²) < 4.78 is 37.2. The SMILES string of the molecule is Cl.NCc1ccnc(-c2ccc(C(F)(F)F)cc2)c1. The molecule has 0 fully saturated rings. The van der Waals surface area contributed by atoms with E-state index in [2.05, 4.69) is 4.98 Å². The van der Waals surface area contributed by atoms with Crippen molar-refractivity contribution in [3.05, 3.63) is 53.7 Å². The first-order chi connectivity index (χ1) is 8.50. The molecule has 0 amide bonds. The summed E-state index contributed by atoms with van der Waals surface area (Å²) >= 11 is 0. The van der Waals surface area contributed by atoms with E-state index in [9.17, 15) is 13.2 Å². The van der Waals surface area contributed by atoms with Gasteiger partial charge in [-0.15, -0.1) is 12.4 Å². The van der Waals surface area contributed by atoms with E-state index in [1.165, 1.54) is 12.1 Å². The van der Waals surface area contributed by atoms with Crippen molar-refractivity contribution in [1.82, 2.24) is 4.98 Å². The van der Waals surface area contributed by atoms with Crippen LogP contribution in [0.5, 0.6) is 0 Å². The maximum Gasteiger partial charge on any atom is 0.416 e. The first-order valence-corrected chi connectivity index (χ1v) is 5.33. The number of hydrogen-bond acceptors (Lipinski definition) is 2. The fourth-order valence-corrected chi connectivity index (χ4v) is 1.59. The highest BCUT2D eigenvalue weighted by atomic mass is 35.5. The van der Waals surface area contributed by atoms with Crippen LogP contribution in [-0.2, 0) is 12.7 Å². The van der Waals surface area contributed by atoms with E-state index < -0.39 is 11.7 Å². The van der Waals surface area contributed by atoms with Gasteiger partial charge in [0.25, 0.3) is 0 Å². The highest BCUT2D eigenvalue weighted by molar-refractivity contribution is 5.85. The molecule has 1 aromatic carbocycles. The minimum atomic E-state index is -4.31. The molecule has 6 heteroatoms. The van der Waals surface area contributed by atoms with E-state index in [-0.39, 0.29) is 12.4 Å². The summed E-state index contributed by atoms with van der Waals surface area (Å²) in [6.45, 7) is 0.371. The van der Waals surface area contributed by atoms with Crippen LogP contribution < -0.4 is 5.73 Å². The summed E-state index contributed by atoms with van der Waals surface area (Å²) in [6, 6.07) is 8.45. The summed E-state index contributed by atoms with van der Waals surface area (Å²) in [5.74, 6) is 0. The highest BCUT2D eigenvalue weighted by Gasteiger charge is 2.29. The Bertz CT molecular complexity index is 538. The summed E-state index contributed by atoms with van der Waals surface area (Å²) in [4.78, 5) is 4.11. The molecule has 0 spiro atoms. The van der Waals surface area contributed by atoms with E-state index in [1.807, 2.05) is 0 Å². The molecule has 2 N–H and O–H groups in total. The van der Waals surface area contributed by atoms with Gasteiger partial charge in [0.05, 0.1) is 11.3 Å². The van der Waals surface area contributed by atoms with Gasteiger partial charge in [0.15, 0.2) is 0 Å². The molecule has 102 valence electrons. The molecule has 2 rings (SSSR count). The molecule has 0 atom stereocenters. The molecule has 0 aliphatic carbocycles. The van der Waals surface area contributed by atoms with Gasteiger partial charge in [0, 0.05) is 18.3 Å². The molecule has 2 aromatic rings. The molecule has 0 aliphatic rings. The van der Waals surface area contributed by atoms with Crippen molar-refractivity contribution in [3.63, 3.8) is 0 Å². The lowest BCUT2D eigenvalue weighted by Gasteiger charge is -2.07. The summed E-state index contributed by atoms with van der Waals surface area (Å²) in [5.41, 5.74) is 6.98. The Morgan fingerprint density at radius 1 is 1.05 bits per heavy atom. The third kappa shape index (κ3) is 3.68. The first kappa shape index (κ1) is 15.5. The number of nitrogens with two attached hydrogens (primary N) is 1. The second-order valence-corrected chi connectivity index (χ2v) is 3.83. The number of aromatic nitrogens is 1. The zero-order chi connectivity index (χ0) is 13.2. The largest absolute Gasteiger partial charge is 0.416 e. The number of nitrogens with zero attached hydrogens (tertiary/aromatic N) is 1. The van der Waals surface area contributed by atoms with Crippen molar-refractivity contribution in [2.24, 2.45) is 5.73 Å². The second kappa shape index (κ2) is 6.04. The smallest absolute Gasteiger partial charge is 0.326 e. The third-order valence-electron chi connectivity index (χ3n) is 2.57. The predicted octanol–water partition coefficient (Wildman–Crippen LogP) is 3.65. The Kier molecular flexibility index (Phi) is 4.91. The number of benzene rings is 1. The average Bonchev–Trinajstić information content (AvgIpc) is 2.38. The molecule has 1 heterocycles. The van der Waals surface area contributed by atoms with Crippen LogP contribution in [0.1, 0.15) is 11.1 Å². The quantitative estimate of drug-likeness (QED) is 0.916. The van der Waals surface area contributed by atoms with Crippen LogP contribution in [0.2, 0.25) is 0 Å². The Labute approximate surface area is 114 Å². The first-order valence-electron chi connectivity index (χ1n) is 5.33. The van der Waals surface area contributed by atoms with E-state index in [1.54, 1.807) is 18.3 Å². The van der Waals surface area contributed by atoms with Gasteiger partial charge in [-0.2, -0.15) is 13.2 Å².